The molecule has 2 rings (SSSR count). The molecule has 3 nitrogen and oxygen atoms in total. The number of aromatic nitrogens is 2. The SMILES string of the molecule is CC(C)C(=O)c1cn(C(F)(F)C(F)F)c2ncccc12. The summed E-state index contributed by atoms with van der Waals surface area (Å²) < 4.78 is 52.2. The first-order valence-electron chi connectivity index (χ1n) is 5.93. The highest BCUT2D eigenvalue weighted by Gasteiger charge is 2.44. The van der Waals surface area contributed by atoms with Crippen molar-refractivity contribution in [1.29, 1.82) is 0 Å². The molecule has 108 valence electrons. The Hall–Kier alpha value is -1.92. The van der Waals surface area contributed by atoms with Crippen LogP contribution in [0.5, 0.6) is 0 Å². The molecular weight excluding hydrogens is 276 g/mol. The van der Waals surface area contributed by atoms with Gasteiger partial charge in [-0.05, 0) is 12.1 Å². The molecule has 0 amide bonds. The summed E-state index contributed by atoms with van der Waals surface area (Å²) in [6, 6.07) is -1.54. The van der Waals surface area contributed by atoms with Crippen LogP contribution < -0.4 is 0 Å². The fraction of sp³-hybridized carbons (Fsp3) is 0.385. The van der Waals surface area contributed by atoms with E-state index in [1.54, 1.807) is 13.8 Å². The van der Waals surface area contributed by atoms with Crippen molar-refractivity contribution in [3.05, 3.63) is 30.1 Å². The second-order valence-corrected chi connectivity index (χ2v) is 4.69. The van der Waals surface area contributed by atoms with Crippen molar-refractivity contribution in [2.24, 2.45) is 5.92 Å². The molecule has 2 heterocycles. The van der Waals surface area contributed by atoms with E-state index in [2.05, 4.69) is 4.98 Å². The van der Waals surface area contributed by atoms with Crippen molar-refractivity contribution >= 4 is 16.8 Å². The van der Waals surface area contributed by atoms with E-state index in [-0.39, 0.29) is 21.2 Å². The Kier molecular flexibility index (Phi) is 3.54. The minimum atomic E-state index is -4.41. The monoisotopic (exact) mass is 288 g/mol. The molecule has 0 N–H and O–H groups in total. The predicted molar refractivity (Wildman–Crippen MR) is 65.1 cm³/mol. The van der Waals surface area contributed by atoms with Gasteiger partial charge in [-0.15, -0.1) is 0 Å². The molecule has 0 saturated carbocycles. The van der Waals surface area contributed by atoms with Gasteiger partial charge in [0.15, 0.2) is 5.78 Å². The van der Waals surface area contributed by atoms with Crippen molar-refractivity contribution in [2.45, 2.75) is 26.3 Å². The Morgan fingerprint density at radius 3 is 2.55 bits per heavy atom. The number of fused-ring (bicyclic) bond motifs is 1. The molecule has 7 heteroatoms. The van der Waals surface area contributed by atoms with Gasteiger partial charge in [-0.3, -0.25) is 9.36 Å². The molecule has 2 aromatic heterocycles. The number of rotatable bonds is 4. The lowest BCUT2D eigenvalue weighted by atomic mass is 10.0. The maximum atomic E-state index is 13.5. The zero-order chi connectivity index (χ0) is 15.1. The average Bonchev–Trinajstić information content (AvgIpc) is 2.77. The van der Waals surface area contributed by atoms with Crippen molar-refractivity contribution in [2.75, 3.05) is 0 Å². The number of hydrogen-bond donors (Lipinski definition) is 0. The molecule has 0 aromatic carbocycles. The molecular formula is C13H12F4N2O. The third-order valence-corrected chi connectivity index (χ3v) is 2.94. The number of nitrogens with zero attached hydrogens (tertiary/aromatic N) is 2. The molecule has 0 radical (unpaired) electrons. The van der Waals surface area contributed by atoms with Gasteiger partial charge < -0.3 is 0 Å². The normalized spacial score (nSPS) is 12.6. The van der Waals surface area contributed by atoms with E-state index in [1.807, 2.05) is 0 Å². The number of carbonyl (C=O) groups is 1. The number of Topliss-reactive ketones (excluding diaryl/α,β-unsaturated/α-hetero) is 1. The minimum Gasteiger partial charge on any atom is -0.294 e. The maximum absolute atomic E-state index is 13.5. The zero-order valence-electron chi connectivity index (χ0n) is 10.8. The van der Waals surface area contributed by atoms with E-state index in [0.717, 1.165) is 6.20 Å². The fourth-order valence-corrected chi connectivity index (χ4v) is 1.90. The van der Waals surface area contributed by atoms with Gasteiger partial charge in [0.25, 0.3) is 0 Å². The van der Waals surface area contributed by atoms with Crippen molar-refractivity contribution in [3.63, 3.8) is 0 Å². The summed E-state index contributed by atoms with van der Waals surface area (Å²) in [5.74, 6) is -0.832. The molecule has 0 aliphatic rings. The van der Waals surface area contributed by atoms with Gasteiger partial charge in [-0.25, -0.2) is 13.8 Å². The average molecular weight is 288 g/mol. The first kappa shape index (κ1) is 14.5. The van der Waals surface area contributed by atoms with Gasteiger partial charge in [-0.2, -0.15) is 8.78 Å². The lowest BCUT2D eigenvalue weighted by molar-refractivity contribution is -0.187. The maximum Gasteiger partial charge on any atom is 0.390 e. The fourth-order valence-electron chi connectivity index (χ4n) is 1.90. The third-order valence-electron chi connectivity index (χ3n) is 2.94. The van der Waals surface area contributed by atoms with Crippen LogP contribution in [0.4, 0.5) is 17.6 Å². The smallest absolute Gasteiger partial charge is 0.294 e. The van der Waals surface area contributed by atoms with Crippen LogP contribution in [0.1, 0.15) is 24.2 Å². The number of alkyl halides is 4. The Balaban J connectivity index is 2.72. The summed E-state index contributed by atoms with van der Waals surface area (Å²) in [4.78, 5) is 15.7. The van der Waals surface area contributed by atoms with Crippen LogP contribution >= 0.6 is 0 Å². The van der Waals surface area contributed by atoms with E-state index in [0.29, 0.717) is 0 Å². The van der Waals surface area contributed by atoms with Crippen LogP contribution in [-0.2, 0) is 6.05 Å². The van der Waals surface area contributed by atoms with Crippen LogP contribution in [0, 0.1) is 5.92 Å². The Morgan fingerprint density at radius 2 is 2.00 bits per heavy atom. The highest BCUT2D eigenvalue weighted by atomic mass is 19.3. The van der Waals surface area contributed by atoms with Crippen LogP contribution in [-0.4, -0.2) is 21.8 Å². The van der Waals surface area contributed by atoms with E-state index in [4.69, 9.17) is 0 Å². The van der Waals surface area contributed by atoms with Crippen molar-refractivity contribution in [3.8, 4) is 0 Å². The van der Waals surface area contributed by atoms with E-state index < -0.39 is 24.2 Å². The molecule has 0 atom stereocenters. The van der Waals surface area contributed by atoms with Crippen LogP contribution in [0.25, 0.3) is 11.0 Å². The molecule has 0 saturated heterocycles. The lowest BCUT2D eigenvalue weighted by Crippen LogP contribution is -2.31. The summed E-state index contributed by atoms with van der Waals surface area (Å²) >= 11 is 0. The van der Waals surface area contributed by atoms with Gasteiger partial charge in [0.05, 0.1) is 0 Å². The van der Waals surface area contributed by atoms with E-state index >= 15 is 0 Å². The van der Waals surface area contributed by atoms with E-state index in [9.17, 15) is 22.4 Å². The Labute approximate surface area is 112 Å². The summed E-state index contributed by atoms with van der Waals surface area (Å²) in [5, 5.41) is 0.145. The summed E-state index contributed by atoms with van der Waals surface area (Å²) in [6.45, 7) is 3.21. The molecule has 0 spiro atoms. The molecule has 0 fully saturated rings. The molecule has 0 aliphatic heterocycles. The van der Waals surface area contributed by atoms with Gasteiger partial charge >= 0.3 is 12.5 Å². The summed E-state index contributed by atoms with van der Waals surface area (Å²) in [6.07, 6.45) is -1.92. The Bertz CT molecular complexity index is 649. The van der Waals surface area contributed by atoms with Crippen molar-refractivity contribution in [1.82, 2.24) is 9.55 Å². The number of hydrogen-bond acceptors (Lipinski definition) is 2. The van der Waals surface area contributed by atoms with Gasteiger partial charge in [0.2, 0.25) is 0 Å². The zero-order valence-corrected chi connectivity index (χ0v) is 10.8. The molecule has 0 bridgehead atoms. The molecule has 0 unspecified atom stereocenters. The molecule has 20 heavy (non-hydrogen) atoms. The van der Waals surface area contributed by atoms with Gasteiger partial charge in [-0.1, -0.05) is 13.8 Å². The van der Waals surface area contributed by atoms with Crippen LogP contribution in [0.15, 0.2) is 24.5 Å². The minimum absolute atomic E-state index is 0.0246. The van der Waals surface area contributed by atoms with Crippen LogP contribution in [0.3, 0.4) is 0 Å². The number of halogens is 4. The number of carbonyl (C=O) groups excluding carboxylic acids is 1. The molecule has 0 aliphatic carbocycles. The quantitative estimate of drug-likeness (QED) is 0.635. The second-order valence-electron chi connectivity index (χ2n) is 4.69. The van der Waals surface area contributed by atoms with Gasteiger partial charge in [0, 0.05) is 29.3 Å². The van der Waals surface area contributed by atoms with Crippen molar-refractivity contribution < 1.29 is 22.4 Å². The first-order chi connectivity index (χ1) is 9.26. The predicted octanol–water partition coefficient (Wildman–Crippen LogP) is 3.69. The third kappa shape index (κ3) is 2.17. The first-order valence-corrected chi connectivity index (χ1v) is 5.93. The largest absolute Gasteiger partial charge is 0.390 e. The van der Waals surface area contributed by atoms with E-state index in [1.165, 1.54) is 18.3 Å². The summed E-state index contributed by atoms with van der Waals surface area (Å²) in [7, 11) is 0. The van der Waals surface area contributed by atoms with Gasteiger partial charge in [0.1, 0.15) is 5.65 Å². The highest BCUT2D eigenvalue weighted by Crippen LogP contribution is 2.34. The lowest BCUT2D eigenvalue weighted by Gasteiger charge is -2.17. The summed E-state index contributed by atoms with van der Waals surface area (Å²) in [5.41, 5.74) is -0.356. The Morgan fingerprint density at radius 1 is 1.35 bits per heavy atom. The van der Waals surface area contributed by atoms with Crippen LogP contribution in [0.2, 0.25) is 0 Å². The molecule has 2 aromatic rings. The second kappa shape index (κ2) is 4.88. The topological polar surface area (TPSA) is 34.9 Å². The highest BCUT2D eigenvalue weighted by molar-refractivity contribution is 6.08. The standard InChI is InChI=1S/C13H12F4N2O/c1-7(2)10(20)9-6-19(13(16,17)12(14)15)11-8(9)4-3-5-18-11/h3-7,12H,1-2H3. The number of pyridine rings is 1. The number of ketones is 1.